The molecule has 0 amide bonds. The van der Waals surface area contributed by atoms with Gasteiger partial charge in [0, 0.05) is 11.1 Å². The number of hydrogen-bond donors (Lipinski definition) is 1. The zero-order chi connectivity index (χ0) is 13.1. The third kappa shape index (κ3) is 3.02. The van der Waals surface area contributed by atoms with Crippen LogP contribution in [0, 0.1) is 11.7 Å². The Morgan fingerprint density at radius 2 is 2.22 bits per heavy atom. The molecule has 2 atom stereocenters. The van der Waals surface area contributed by atoms with Crippen molar-refractivity contribution in [2.45, 2.75) is 18.9 Å². The van der Waals surface area contributed by atoms with Gasteiger partial charge in [-0.15, -0.1) is 0 Å². The van der Waals surface area contributed by atoms with E-state index in [4.69, 9.17) is 11.6 Å². The average Bonchev–Trinajstić information content (AvgIpc) is 2.28. The summed E-state index contributed by atoms with van der Waals surface area (Å²) in [7, 11) is 4.06. The molecule has 1 N–H and O–H groups in total. The Morgan fingerprint density at radius 1 is 1.44 bits per heavy atom. The SMILES string of the molecule is CNCC1CCCN(C)C1c1cc(F)cc(Cl)c1. The summed E-state index contributed by atoms with van der Waals surface area (Å²) in [5.74, 6) is 0.256. The highest BCUT2D eigenvalue weighted by molar-refractivity contribution is 6.30. The van der Waals surface area contributed by atoms with Crippen molar-refractivity contribution < 1.29 is 4.39 Å². The Hall–Kier alpha value is -0.640. The molecule has 1 fully saturated rings. The van der Waals surface area contributed by atoms with E-state index in [0.717, 1.165) is 18.7 Å². The second kappa shape index (κ2) is 6.00. The maximum atomic E-state index is 13.5. The second-order valence-corrected chi connectivity index (χ2v) is 5.52. The lowest BCUT2D eigenvalue weighted by Gasteiger charge is -2.39. The zero-order valence-electron chi connectivity index (χ0n) is 10.9. The first-order valence-corrected chi connectivity index (χ1v) is 6.80. The highest BCUT2D eigenvalue weighted by Gasteiger charge is 2.30. The molecule has 2 rings (SSSR count). The Bertz CT molecular complexity index is 389. The number of rotatable bonds is 3. The second-order valence-electron chi connectivity index (χ2n) is 5.09. The molecule has 2 unspecified atom stereocenters. The van der Waals surface area contributed by atoms with Crippen molar-refractivity contribution >= 4 is 11.6 Å². The molecule has 1 aromatic rings. The molecule has 1 saturated heterocycles. The van der Waals surface area contributed by atoms with Gasteiger partial charge in [-0.3, -0.25) is 4.90 Å². The van der Waals surface area contributed by atoms with E-state index in [-0.39, 0.29) is 11.9 Å². The molecule has 100 valence electrons. The largest absolute Gasteiger partial charge is 0.319 e. The molecule has 4 heteroatoms. The molecule has 1 aliphatic rings. The number of likely N-dealkylation sites (tertiary alicyclic amines) is 1. The number of nitrogens with zero attached hydrogens (tertiary/aromatic N) is 1. The van der Waals surface area contributed by atoms with E-state index in [1.165, 1.54) is 18.9 Å². The first kappa shape index (κ1) is 13.8. The normalized spacial score (nSPS) is 25.3. The third-order valence-electron chi connectivity index (χ3n) is 3.70. The van der Waals surface area contributed by atoms with E-state index < -0.39 is 0 Å². The highest BCUT2D eigenvalue weighted by Crippen LogP contribution is 2.35. The van der Waals surface area contributed by atoms with Crippen molar-refractivity contribution in [2.75, 3.05) is 27.2 Å². The van der Waals surface area contributed by atoms with Crippen LogP contribution in [0.15, 0.2) is 18.2 Å². The van der Waals surface area contributed by atoms with Crippen LogP contribution in [-0.4, -0.2) is 32.1 Å². The summed E-state index contributed by atoms with van der Waals surface area (Å²) in [4.78, 5) is 2.30. The molecular weight excluding hydrogens is 251 g/mol. The number of hydrogen-bond acceptors (Lipinski definition) is 2. The maximum Gasteiger partial charge on any atom is 0.125 e. The van der Waals surface area contributed by atoms with Crippen molar-refractivity contribution in [1.29, 1.82) is 0 Å². The van der Waals surface area contributed by atoms with Gasteiger partial charge >= 0.3 is 0 Å². The van der Waals surface area contributed by atoms with E-state index in [1.54, 1.807) is 6.07 Å². The third-order valence-corrected chi connectivity index (χ3v) is 3.92. The number of piperidine rings is 1. The Balaban J connectivity index is 2.30. The fraction of sp³-hybridized carbons (Fsp3) is 0.571. The van der Waals surface area contributed by atoms with Gasteiger partial charge in [-0.1, -0.05) is 11.6 Å². The summed E-state index contributed by atoms with van der Waals surface area (Å²) in [5, 5.41) is 3.71. The molecule has 1 aliphatic heterocycles. The van der Waals surface area contributed by atoms with Gasteiger partial charge in [0.2, 0.25) is 0 Å². The van der Waals surface area contributed by atoms with Crippen LogP contribution in [0.5, 0.6) is 0 Å². The van der Waals surface area contributed by atoms with Gasteiger partial charge in [0.25, 0.3) is 0 Å². The Morgan fingerprint density at radius 3 is 2.89 bits per heavy atom. The Labute approximate surface area is 113 Å². The van der Waals surface area contributed by atoms with Crippen LogP contribution in [0.2, 0.25) is 5.02 Å². The van der Waals surface area contributed by atoms with E-state index in [9.17, 15) is 4.39 Å². The minimum absolute atomic E-state index is 0.249. The quantitative estimate of drug-likeness (QED) is 0.908. The molecule has 0 bridgehead atoms. The molecule has 0 aliphatic carbocycles. The molecule has 0 radical (unpaired) electrons. The lowest BCUT2D eigenvalue weighted by Crippen LogP contribution is -2.39. The Kier molecular flexibility index (Phi) is 4.60. The zero-order valence-corrected chi connectivity index (χ0v) is 11.7. The van der Waals surface area contributed by atoms with Crippen LogP contribution in [0.1, 0.15) is 24.4 Å². The predicted octanol–water partition coefficient (Wildman–Crippen LogP) is 3.08. The van der Waals surface area contributed by atoms with Gasteiger partial charge in [0.1, 0.15) is 5.82 Å². The molecule has 1 heterocycles. The van der Waals surface area contributed by atoms with Crippen molar-refractivity contribution in [3.8, 4) is 0 Å². The minimum Gasteiger partial charge on any atom is -0.319 e. The lowest BCUT2D eigenvalue weighted by atomic mass is 9.85. The molecule has 18 heavy (non-hydrogen) atoms. The van der Waals surface area contributed by atoms with E-state index in [0.29, 0.717) is 10.9 Å². The monoisotopic (exact) mass is 270 g/mol. The van der Waals surface area contributed by atoms with Crippen LogP contribution >= 0.6 is 11.6 Å². The highest BCUT2D eigenvalue weighted by atomic mass is 35.5. The molecule has 0 aromatic heterocycles. The van der Waals surface area contributed by atoms with Gasteiger partial charge in [-0.25, -0.2) is 4.39 Å². The van der Waals surface area contributed by atoms with Crippen molar-refractivity contribution in [3.05, 3.63) is 34.6 Å². The topological polar surface area (TPSA) is 15.3 Å². The molecular formula is C14H20ClFN2. The molecule has 0 spiro atoms. The smallest absolute Gasteiger partial charge is 0.125 e. The van der Waals surface area contributed by atoms with Crippen LogP contribution in [-0.2, 0) is 0 Å². The summed E-state index contributed by atoms with van der Waals surface area (Å²) in [6.45, 7) is 2.00. The maximum absolute atomic E-state index is 13.5. The van der Waals surface area contributed by atoms with Gasteiger partial charge < -0.3 is 5.32 Å². The fourth-order valence-corrected chi connectivity index (χ4v) is 3.24. The van der Waals surface area contributed by atoms with Crippen LogP contribution in [0.4, 0.5) is 4.39 Å². The summed E-state index contributed by atoms with van der Waals surface area (Å²) >= 11 is 5.97. The van der Waals surface area contributed by atoms with Crippen molar-refractivity contribution in [2.24, 2.45) is 5.92 Å². The predicted molar refractivity (Wildman–Crippen MR) is 73.4 cm³/mol. The number of halogens is 2. The summed E-state index contributed by atoms with van der Waals surface area (Å²) in [6, 6.07) is 5.11. The standard InChI is InChI=1S/C14H20ClFN2/c1-17-9-10-4-3-5-18(2)14(10)11-6-12(15)8-13(16)7-11/h6-8,10,14,17H,3-5,9H2,1-2H3. The van der Waals surface area contributed by atoms with Crippen LogP contribution in [0.25, 0.3) is 0 Å². The number of benzene rings is 1. The van der Waals surface area contributed by atoms with Crippen molar-refractivity contribution in [1.82, 2.24) is 10.2 Å². The summed E-state index contributed by atoms with van der Waals surface area (Å²) < 4.78 is 13.5. The fourth-order valence-electron chi connectivity index (χ4n) is 3.01. The lowest BCUT2D eigenvalue weighted by molar-refractivity contribution is 0.120. The average molecular weight is 271 g/mol. The van der Waals surface area contributed by atoms with Gasteiger partial charge in [0.05, 0.1) is 0 Å². The molecule has 1 aromatic carbocycles. The van der Waals surface area contributed by atoms with E-state index in [1.807, 2.05) is 13.1 Å². The molecule has 0 saturated carbocycles. The van der Waals surface area contributed by atoms with Gasteiger partial charge in [0.15, 0.2) is 0 Å². The number of nitrogens with one attached hydrogen (secondary N) is 1. The minimum atomic E-state index is -0.250. The summed E-state index contributed by atoms with van der Waals surface area (Å²) in [6.07, 6.45) is 2.37. The van der Waals surface area contributed by atoms with Crippen LogP contribution < -0.4 is 5.32 Å². The van der Waals surface area contributed by atoms with E-state index >= 15 is 0 Å². The van der Waals surface area contributed by atoms with Crippen molar-refractivity contribution in [3.63, 3.8) is 0 Å². The first-order chi connectivity index (χ1) is 8.61. The van der Waals surface area contributed by atoms with Crippen LogP contribution in [0.3, 0.4) is 0 Å². The van der Waals surface area contributed by atoms with E-state index in [2.05, 4.69) is 17.3 Å². The van der Waals surface area contributed by atoms with Gasteiger partial charge in [-0.05, 0) is 69.7 Å². The molecule has 2 nitrogen and oxygen atoms in total. The van der Waals surface area contributed by atoms with Gasteiger partial charge in [-0.2, -0.15) is 0 Å². The first-order valence-electron chi connectivity index (χ1n) is 6.42. The summed E-state index contributed by atoms with van der Waals surface area (Å²) in [5.41, 5.74) is 0.988.